The number of rotatable bonds is 9. The third-order valence-corrected chi connectivity index (χ3v) is 5.56. The van der Waals surface area contributed by atoms with E-state index in [-0.39, 0.29) is 29.2 Å². The topological polar surface area (TPSA) is 114 Å². The van der Waals surface area contributed by atoms with Crippen LogP contribution in [0.2, 0.25) is 0 Å². The van der Waals surface area contributed by atoms with Crippen molar-refractivity contribution in [3.63, 3.8) is 0 Å². The van der Waals surface area contributed by atoms with Crippen LogP contribution in [0.3, 0.4) is 0 Å². The second-order valence-electron chi connectivity index (χ2n) is 6.11. The monoisotopic (exact) mass is 441 g/mol. The molecule has 8 nitrogen and oxygen atoms in total. The van der Waals surface area contributed by atoms with Gasteiger partial charge in [-0.05, 0) is 42.0 Å². The van der Waals surface area contributed by atoms with Crippen molar-refractivity contribution in [2.45, 2.75) is 10.9 Å². The van der Waals surface area contributed by atoms with Crippen LogP contribution in [0, 0.1) is 11.6 Å². The highest BCUT2D eigenvalue weighted by Crippen LogP contribution is 2.18. The van der Waals surface area contributed by atoms with Crippen LogP contribution in [0.15, 0.2) is 47.4 Å². The van der Waals surface area contributed by atoms with Gasteiger partial charge in [0, 0.05) is 26.3 Å². The first-order chi connectivity index (χ1) is 14.2. The highest BCUT2D eigenvalue weighted by molar-refractivity contribution is 7.89. The van der Waals surface area contributed by atoms with E-state index in [1.165, 1.54) is 44.5 Å². The summed E-state index contributed by atoms with van der Waals surface area (Å²) in [7, 11) is -1.00. The molecule has 0 radical (unpaired) electrons. The lowest BCUT2D eigenvalue weighted by atomic mass is 10.0. The highest BCUT2D eigenvalue weighted by Gasteiger charge is 2.24. The molecule has 30 heavy (non-hydrogen) atoms. The van der Waals surface area contributed by atoms with Gasteiger partial charge in [-0.3, -0.25) is 9.59 Å². The Hall–Kier alpha value is -2.89. The molecule has 1 unspecified atom stereocenters. The number of nitrogens with one attached hydrogen (secondary N) is 3. The zero-order chi connectivity index (χ0) is 22.3. The standard InChI is InChI=1S/C19H21F2N3O5S/c1-22-19(26)17(13-5-8-15(20)16(21)11-13)24-18(25)12-3-6-14(7-4-12)30(27,28)23-9-10-29-2/h3-8,11,17,23H,9-10H2,1-2H3,(H,22,26)(H,24,25). The van der Waals surface area contributed by atoms with Crippen LogP contribution < -0.4 is 15.4 Å². The van der Waals surface area contributed by atoms with Crippen molar-refractivity contribution in [2.75, 3.05) is 27.3 Å². The zero-order valence-corrected chi connectivity index (χ0v) is 17.1. The number of carbonyl (C=O) groups excluding carboxylic acids is 2. The van der Waals surface area contributed by atoms with Crippen molar-refractivity contribution in [3.05, 3.63) is 65.2 Å². The van der Waals surface area contributed by atoms with Gasteiger partial charge in [0.2, 0.25) is 15.9 Å². The molecule has 0 aliphatic heterocycles. The molecule has 2 amide bonds. The van der Waals surface area contributed by atoms with Crippen molar-refractivity contribution in [1.82, 2.24) is 15.4 Å². The summed E-state index contributed by atoms with van der Waals surface area (Å²) in [4.78, 5) is 24.6. The Labute approximate surface area is 172 Å². The Morgan fingerprint density at radius 1 is 1.07 bits per heavy atom. The number of amides is 2. The first-order valence-corrected chi connectivity index (χ1v) is 10.2. The van der Waals surface area contributed by atoms with Crippen LogP contribution >= 0.6 is 0 Å². The van der Waals surface area contributed by atoms with Gasteiger partial charge in [0.25, 0.3) is 5.91 Å². The Kier molecular flexibility index (Phi) is 7.98. The fourth-order valence-electron chi connectivity index (χ4n) is 2.50. The lowest BCUT2D eigenvalue weighted by molar-refractivity contribution is -0.122. The minimum Gasteiger partial charge on any atom is -0.383 e. The Bertz CT molecular complexity index is 1010. The normalized spacial score (nSPS) is 12.3. The lowest BCUT2D eigenvalue weighted by Crippen LogP contribution is -2.39. The molecule has 2 aromatic rings. The number of sulfonamides is 1. The number of ether oxygens (including phenoxy) is 1. The van der Waals surface area contributed by atoms with Crippen LogP contribution in [0.1, 0.15) is 22.0 Å². The van der Waals surface area contributed by atoms with E-state index in [0.29, 0.717) is 0 Å². The molecule has 11 heteroatoms. The molecular formula is C19H21F2N3O5S. The smallest absolute Gasteiger partial charge is 0.252 e. The molecule has 162 valence electrons. The molecule has 0 saturated carbocycles. The maximum absolute atomic E-state index is 13.5. The SMILES string of the molecule is CNC(=O)C(NC(=O)c1ccc(S(=O)(=O)NCCOC)cc1)c1ccc(F)c(F)c1. The van der Waals surface area contributed by atoms with E-state index in [0.717, 1.165) is 12.1 Å². The van der Waals surface area contributed by atoms with Crippen molar-refractivity contribution < 1.29 is 31.5 Å². The second-order valence-corrected chi connectivity index (χ2v) is 7.88. The molecule has 0 saturated heterocycles. The maximum atomic E-state index is 13.5. The number of methoxy groups -OCH3 is 1. The van der Waals surface area contributed by atoms with E-state index in [1.807, 2.05) is 0 Å². The second kappa shape index (κ2) is 10.2. The Balaban J connectivity index is 2.19. The van der Waals surface area contributed by atoms with Crippen molar-refractivity contribution in [1.29, 1.82) is 0 Å². The number of benzene rings is 2. The van der Waals surface area contributed by atoms with Crippen molar-refractivity contribution in [3.8, 4) is 0 Å². The van der Waals surface area contributed by atoms with Gasteiger partial charge in [-0.25, -0.2) is 21.9 Å². The molecule has 0 heterocycles. The minimum atomic E-state index is -3.77. The van der Waals surface area contributed by atoms with Crippen LogP contribution in [0.25, 0.3) is 0 Å². The van der Waals surface area contributed by atoms with Gasteiger partial charge in [-0.15, -0.1) is 0 Å². The zero-order valence-electron chi connectivity index (χ0n) is 16.2. The molecule has 2 aromatic carbocycles. The summed E-state index contributed by atoms with van der Waals surface area (Å²) in [5, 5.41) is 4.77. The Morgan fingerprint density at radius 2 is 1.73 bits per heavy atom. The van der Waals surface area contributed by atoms with Gasteiger partial charge >= 0.3 is 0 Å². The van der Waals surface area contributed by atoms with Crippen LogP contribution in [0.5, 0.6) is 0 Å². The fourth-order valence-corrected chi connectivity index (χ4v) is 3.51. The number of hydrogen-bond acceptors (Lipinski definition) is 5. The minimum absolute atomic E-state index is 0.0446. The van der Waals surface area contributed by atoms with Crippen LogP contribution in [-0.2, 0) is 19.6 Å². The number of halogens is 2. The summed E-state index contributed by atoms with van der Waals surface area (Å²) >= 11 is 0. The van der Waals surface area contributed by atoms with Gasteiger partial charge < -0.3 is 15.4 Å². The summed E-state index contributed by atoms with van der Waals surface area (Å²) < 4.78 is 58.2. The third kappa shape index (κ3) is 5.81. The quantitative estimate of drug-likeness (QED) is 0.505. The first kappa shape index (κ1) is 23.4. The van der Waals surface area contributed by atoms with E-state index in [9.17, 15) is 26.8 Å². The van der Waals surface area contributed by atoms with Gasteiger partial charge in [0.05, 0.1) is 11.5 Å². The van der Waals surface area contributed by atoms with Gasteiger partial charge in [-0.1, -0.05) is 6.07 Å². The largest absolute Gasteiger partial charge is 0.383 e. The molecule has 0 fully saturated rings. The summed E-state index contributed by atoms with van der Waals surface area (Å²) in [6.07, 6.45) is 0. The average Bonchev–Trinajstić information content (AvgIpc) is 2.73. The van der Waals surface area contributed by atoms with Crippen LogP contribution in [-0.4, -0.2) is 47.5 Å². The van der Waals surface area contributed by atoms with Crippen LogP contribution in [0.4, 0.5) is 8.78 Å². The summed E-state index contributed by atoms with van der Waals surface area (Å²) in [5.74, 6) is -3.59. The molecular weight excluding hydrogens is 420 g/mol. The number of hydrogen-bond donors (Lipinski definition) is 3. The summed E-state index contributed by atoms with van der Waals surface area (Å²) in [5.41, 5.74) is 0.116. The molecule has 3 N–H and O–H groups in total. The molecule has 2 rings (SSSR count). The first-order valence-electron chi connectivity index (χ1n) is 8.75. The molecule has 0 aromatic heterocycles. The number of carbonyl (C=O) groups is 2. The maximum Gasteiger partial charge on any atom is 0.252 e. The van der Waals surface area contributed by atoms with E-state index >= 15 is 0 Å². The average molecular weight is 441 g/mol. The fraction of sp³-hybridized carbons (Fsp3) is 0.263. The number of likely N-dealkylation sites (N-methyl/N-ethyl adjacent to an activating group) is 1. The van der Waals surface area contributed by atoms with Crippen molar-refractivity contribution >= 4 is 21.8 Å². The van der Waals surface area contributed by atoms with E-state index in [2.05, 4.69) is 15.4 Å². The predicted molar refractivity (Wildman–Crippen MR) is 104 cm³/mol. The molecule has 0 aliphatic rings. The molecule has 1 atom stereocenters. The lowest BCUT2D eigenvalue weighted by Gasteiger charge is -2.18. The van der Waals surface area contributed by atoms with Crippen molar-refractivity contribution in [2.24, 2.45) is 0 Å². The van der Waals surface area contributed by atoms with Gasteiger partial charge in [-0.2, -0.15) is 0 Å². The van der Waals surface area contributed by atoms with E-state index < -0.39 is 39.5 Å². The third-order valence-electron chi connectivity index (χ3n) is 4.09. The van der Waals surface area contributed by atoms with Gasteiger partial charge in [0.15, 0.2) is 11.6 Å². The Morgan fingerprint density at radius 3 is 2.30 bits per heavy atom. The predicted octanol–water partition coefficient (Wildman–Crippen LogP) is 1.11. The van der Waals surface area contributed by atoms with E-state index in [1.54, 1.807) is 0 Å². The summed E-state index contributed by atoms with van der Waals surface area (Å²) in [6, 6.07) is 6.57. The highest BCUT2D eigenvalue weighted by atomic mass is 32.2. The van der Waals surface area contributed by atoms with Gasteiger partial charge in [0.1, 0.15) is 6.04 Å². The molecule has 0 aliphatic carbocycles. The molecule has 0 bridgehead atoms. The summed E-state index contributed by atoms with van der Waals surface area (Å²) in [6.45, 7) is 0.285. The van der Waals surface area contributed by atoms with E-state index in [4.69, 9.17) is 4.74 Å². The molecule has 0 spiro atoms.